The molecule has 0 saturated heterocycles. The van der Waals surface area contributed by atoms with Crippen LogP contribution in [0.1, 0.15) is 30.0 Å². The molecule has 0 radical (unpaired) electrons. The molecular weight excluding hydrogens is 256 g/mol. The van der Waals surface area contributed by atoms with Crippen molar-refractivity contribution < 1.29 is 0 Å². The Balaban J connectivity index is 1.64. The summed E-state index contributed by atoms with van der Waals surface area (Å²) in [5, 5.41) is 3.75. The van der Waals surface area contributed by atoms with E-state index in [1.165, 1.54) is 29.7 Å². The summed E-state index contributed by atoms with van der Waals surface area (Å²) < 4.78 is 0. The minimum atomic E-state index is 0.500. The predicted molar refractivity (Wildman–Crippen MR) is 89.5 cm³/mol. The summed E-state index contributed by atoms with van der Waals surface area (Å²) in [7, 11) is 4.15. The molecule has 0 aliphatic heterocycles. The lowest BCUT2D eigenvalue weighted by Crippen LogP contribution is -2.22. The van der Waals surface area contributed by atoms with Crippen molar-refractivity contribution in [2.45, 2.75) is 25.4 Å². The quantitative estimate of drug-likeness (QED) is 0.860. The summed E-state index contributed by atoms with van der Waals surface area (Å²) in [5.74, 6) is 0.813. The fourth-order valence-corrected chi connectivity index (χ4v) is 2.79. The molecule has 1 aliphatic rings. The number of nitrogens with one attached hydrogen (secondary N) is 1. The van der Waals surface area contributed by atoms with Gasteiger partial charge in [0.2, 0.25) is 0 Å². The van der Waals surface area contributed by atoms with Gasteiger partial charge < -0.3 is 10.2 Å². The highest BCUT2D eigenvalue weighted by atomic mass is 15.1. The van der Waals surface area contributed by atoms with Crippen molar-refractivity contribution in [3.63, 3.8) is 0 Å². The molecule has 3 rings (SSSR count). The van der Waals surface area contributed by atoms with Crippen LogP contribution in [0.4, 0.5) is 5.69 Å². The zero-order chi connectivity index (χ0) is 14.7. The molecule has 1 N–H and O–H groups in total. The molecule has 0 aromatic heterocycles. The SMILES string of the molecule is CN(C)c1ccc(CNC(c2ccccc2)C2CC2)cc1. The van der Waals surface area contributed by atoms with Crippen molar-refractivity contribution in [2.75, 3.05) is 19.0 Å². The lowest BCUT2D eigenvalue weighted by atomic mass is 10.0. The Morgan fingerprint density at radius 1 is 1.00 bits per heavy atom. The number of hydrogen-bond acceptors (Lipinski definition) is 2. The van der Waals surface area contributed by atoms with E-state index in [0.29, 0.717) is 6.04 Å². The average Bonchev–Trinajstić information content (AvgIpc) is 3.34. The highest BCUT2D eigenvalue weighted by molar-refractivity contribution is 5.46. The van der Waals surface area contributed by atoms with E-state index in [-0.39, 0.29) is 0 Å². The van der Waals surface area contributed by atoms with E-state index >= 15 is 0 Å². The second-order valence-corrected chi connectivity index (χ2v) is 6.17. The van der Waals surface area contributed by atoms with Crippen LogP contribution in [0.5, 0.6) is 0 Å². The topological polar surface area (TPSA) is 15.3 Å². The Morgan fingerprint density at radius 3 is 2.24 bits per heavy atom. The first-order chi connectivity index (χ1) is 10.2. The van der Waals surface area contributed by atoms with Crippen LogP contribution in [0.2, 0.25) is 0 Å². The predicted octanol–water partition coefficient (Wildman–Crippen LogP) is 3.99. The molecule has 2 aromatic rings. The fraction of sp³-hybridized carbons (Fsp3) is 0.368. The molecule has 0 spiro atoms. The monoisotopic (exact) mass is 280 g/mol. The van der Waals surface area contributed by atoms with Crippen molar-refractivity contribution in [1.82, 2.24) is 5.32 Å². The van der Waals surface area contributed by atoms with Gasteiger partial charge in [0.1, 0.15) is 0 Å². The van der Waals surface area contributed by atoms with E-state index < -0.39 is 0 Å². The van der Waals surface area contributed by atoms with Crippen molar-refractivity contribution in [3.05, 3.63) is 65.7 Å². The summed E-state index contributed by atoms with van der Waals surface area (Å²) in [6.07, 6.45) is 2.71. The van der Waals surface area contributed by atoms with Crippen LogP contribution in [-0.2, 0) is 6.54 Å². The first-order valence-electron chi connectivity index (χ1n) is 7.78. The maximum absolute atomic E-state index is 3.75. The van der Waals surface area contributed by atoms with E-state index in [1.807, 2.05) is 0 Å². The molecule has 0 bridgehead atoms. The molecule has 2 heteroatoms. The Kier molecular flexibility index (Phi) is 4.26. The van der Waals surface area contributed by atoms with E-state index in [2.05, 4.69) is 78.9 Å². The Morgan fingerprint density at radius 2 is 1.67 bits per heavy atom. The maximum Gasteiger partial charge on any atom is 0.0361 e. The molecule has 21 heavy (non-hydrogen) atoms. The maximum atomic E-state index is 3.75. The van der Waals surface area contributed by atoms with Gasteiger partial charge in [-0.3, -0.25) is 0 Å². The summed E-state index contributed by atoms with van der Waals surface area (Å²) in [6.45, 7) is 0.934. The average molecular weight is 280 g/mol. The van der Waals surface area contributed by atoms with Gasteiger partial charge in [-0.2, -0.15) is 0 Å². The smallest absolute Gasteiger partial charge is 0.0361 e. The second-order valence-electron chi connectivity index (χ2n) is 6.17. The zero-order valence-electron chi connectivity index (χ0n) is 12.9. The molecule has 0 heterocycles. The number of anilines is 1. The first-order valence-corrected chi connectivity index (χ1v) is 7.78. The molecule has 110 valence electrons. The van der Waals surface area contributed by atoms with Crippen LogP contribution in [0, 0.1) is 5.92 Å². The van der Waals surface area contributed by atoms with Crippen molar-refractivity contribution in [2.24, 2.45) is 5.92 Å². The van der Waals surface area contributed by atoms with Gasteiger partial charge in [-0.1, -0.05) is 42.5 Å². The molecule has 1 fully saturated rings. The van der Waals surface area contributed by atoms with Gasteiger partial charge >= 0.3 is 0 Å². The number of rotatable bonds is 6. The number of hydrogen-bond donors (Lipinski definition) is 1. The molecular formula is C19H24N2. The summed E-state index contributed by atoms with van der Waals surface area (Å²) in [4.78, 5) is 2.13. The fourth-order valence-electron chi connectivity index (χ4n) is 2.79. The first kappa shape index (κ1) is 14.2. The summed E-state index contributed by atoms with van der Waals surface area (Å²) in [6, 6.07) is 20.2. The molecule has 2 nitrogen and oxygen atoms in total. The second kappa shape index (κ2) is 6.31. The Bertz CT molecular complexity index is 556. The lowest BCUT2D eigenvalue weighted by Gasteiger charge is -2.19. The van der Waals surface area contributed by atoms with Gasteiger partial charge in [0.15, 0.2) is 0 Å². The van der Waals surface area contributed by atoms with Crippen molar-refractivity contribution >= 4 is 5.69 Å². The molecule has 1 unspecified atom stereocenters. The summed E-state index contributed by atoms with van der Waals surface area (Å²) >= 11 is 0. The van der Waals surface area contributed by atoms with Crippen LogP contribution in [-0.4, -0.2) is 14.1 Å². The zero-order valence-corrected chi connectivity index (χ0v) is 12.9. The van der Waals surface area contributed by atoms with Gasteiger partial charge in [0.05, 0.1) is 0 Å². The normalized spacial score (nSPS) is 15.7. The summed E-state index contributed by atoms with van der Waals surface area (Å²) in [5.41, 5.74) is 4.02. The van der Waals surface area contributed by atoms with Gasteiger partial charge in [-0.05, 0) is 42.0 Å². The standard InChI is InChI=1S/C19H24N2/c1-21(2)18-12-8-15(9-13-18)14-20-19(17-10-11-17)16-6-4-3-5-7-16/h3-9,12-13,17,19-20H,10-11,14H2,1-2H3. The van der Waals surface area contributed by atoms with E-state index in [4.69, 9.17) is 0 Å². The minimum Gasteiger partial charge on any atom is -0.378 e. The third-order valence-corrected chi connectivity index (χ3v) is 4.23. The van der Waals surface area contributed by atoms with Crippen LogP contribution >= 0.6 is 0 Å². The highest BCUT2D eigenvalue weighted by Crippen LogP contribution is 2.41. The molecule has 0 amide bonds. The van der Waals surface area contributed by atoms with Gasteiger partial charge in [0.25, 0.3) is 0 Å². The van der Waals surface area contributed by atoms with E-state index in [9.17, 15) is 0 Å². The Hall–Kier alpha value is -1.80. The minimum absolute atomic E-state index is 0.500. The highest BCUT2D eigenvalue weighted by Gasteiger charge is 2.31. The van der Waals surface area contributed by atoms with Gasteiger partial charge in [-0.15, -0.1) is 0 Å². The van der Waals surface area contributed by atoms with Crippen LogP contribution in [0.25, 0.3) is 0 Å². The van der Waals surface area contributed by atoms with E-state index in [0.717, 1.165) is 12.5 Å². The van der Waals surface area contributed by atoms with Crippen LogP contribution < -0.4 is 10.2 Å². The molecule has 1 saturated carbocycles. The molecule has 1 aliphatic carbocycles. The molecule has 2 aromatic carbocycles. The third-order valence-electron chi connectivity index (χ3n) is 4.23. The lowest BCUT2D eigenvalue weighted by molar-refractivity contribution is 0.480. The van der Waals surface area contributed by atoms with Crippen LogP contribution in [0.3, 0.4) is 0 Å². The molecule has 1 atom stereocenters. The Labute approximate surface area is 127 Å². The van der Waals surface area contributed by atoms with Gasteiger partial charge in [-0.25, -0.2) is 0 Å². The number of benzene rings is 2. The number of nitrogens with zero attached hydrogens (tertiary/aromatic N) is 1. The van der Waals surface area contributed by atoms with Gasteiger partial charge in [0, 0.05) is 32.4 Å². The van der Waals surface area contributed by atoms with E-state index in [1.54, 1.807) is 0 Å². The third kappa shape index (κ3) is 3.64. The largest absolute Gasteiger partial charge is 0.378 e. The van der Waals surface area contributed by atoms with Crippen molar-refractivity contribution in [1.29, 1.82) is 0 Å². The van der Waals surface area contributed by atoms with Crippen LogP contribution in [0.15, 0.2) is 54.6 Å². The van der Waals surface area contributed by atoms with Crippen molar-refractivity contribution in [3.8, 4) is 0 Å².